The van der Waals surface area contributed by atoms with Crippen molar-refractivity contribution in [2.75, 3.05) is 40.5 Å². The molecule has 24 heavy (non-hydrogen) atoms. The van der Waals surface area contributed by atoms with Gasteiger partial charge in [-0.1, -0.05) is 0 Å². The topological polar surface area (TPSA) is 93.7 Å². The number of sulfonamides is 1. The van der Waals surface area contributed by atoms with Crippen molar-refractivity contribution < 1.29 is 22.7 Å². The quantitative estimate of drug-likeness (QED) is 0.671. The van der Waals surface area contributed by atoms with Crippen molar-refractivity contribution in [2.45, 2.75) is 17.1 Å². The van der Waals surface area contributed by atoms with Crippen LogP contribution < -0.4 is 10.0 Å². The lowest BCUT2D eigenvalue weighted by Gasteiger charge is -2.37. The SMILES string of the molecule is COCC1(CNS(=O)(=O)c2ccc(C(=O)OC)s2)CCNCC1.Cl. The first-order valence-corrected chi connectivity index (χ1v) is 9.60. The van der Waals surface area contributed by atoms with Crippen molar-refractivity contribution in [2.24, 2.45) is 5.41 Å². The van der Waals surface area contributed by atoms with E-state index >= 15 is 0 Å². The third-order valence-corrected chi connectivity index (χ3v) is 6.94. The zero-order valence-corrected chi connectivity index (χ0v) is 16.1. The summed E-state index contributed by atoms with van der Waals surface area (Å²) in [5.41, 5.74) is -0.199. The molecular formula is C14H23ClN2O5S2. The van der Waals surface area contributed by atoms with Crippen LogP contribution in [0.1, 0.15) is 22.5 Å². The molecule has 0 aromatic carbocycles. The summed E-state index contributed by atoms with van der Waals surface area (Å²) in [7, 11) is -0.763. The Morgan fingerprint density at radius 1 is 1.33 bits per heavy atom. The molecule has 2 N–H and O–H groups in total. The maximum atomic E-state index is 12.4. The number of halogens is 1. The second kappa shape index (κ2) is 9.12. The second-order valence-corrected chi connectivity index (χ2v) is 8.70. The molecule has 0 saturated carbocycles. The van der Waals surface area contributed by atoms with Crippen LogP contribution in [-0.4, -0.2) is 54.8 Å². The van der Waals surface area contributed by atoms with Crippen LogP contribution in [0.3, 0.4) is 0 Å². The highest BCUT2D eigenvalue weighted by atomic mass is 35.5. The van der Waals surface area contributed by atoms with Gasteiger partial charge in [0.25, 0.3) is 0 Å². The van der Waals surface area contributed by atoms with Gasteiger partial charge in [-0.05, 0) is 38.1 Å². The van der Waals surface area contributed by atoms with Crippen molar-refractivity contribution in [1.82, 2.24) is 10.0 Å². The van der Waals surface area contributed by atoms with Gasteiger partial charge in [0.15, 0.2) is 0 Å². The number of rotatable bonds is 7. The Labute approximate surface area is 152 Å². The Morgan fingerprint density at radius 3 is 2.58 bits per heavy atom. The van der Waals surface area contributed by atoms with Crippen molar-refractivity contribution in [3.8, 4) is 0 Å². The monoisotopic (exact) mass is 398 g/mol. The second-order valence-electron chi connectivity index (χ2n) is 5.62. The van der Waals surface area contributed by atoms with E-state index in [1.165, 1.54) is 19.2 Å². The molecule has 1 fully saturated rings. The molecule has 1 aromatic rings. The van der Waals surface area contributed by atoms with Crippen molar-refractivity contribution >= 4 is 39.7 Å². The Hall–Kier alpha value is -0.710. The van der Waals surface area contributed by atoms with E-state index in [2.05, 4.69) is 14.8 Å². The number of thiophene rings is 1. The average molecular weight is 399 g/mol. The highest BCUT2D eigenvalue weighted by Crippen LogP contribution is 2.29. The fraction of sp³-hybridized carbons (Fsp3) is 0.643. The van der Waals surface area contributed by atoms with E-state index < -0.39 is 16.0 Å². The molecule has 1 aromatic heterocycles. The van der Waals surface area contributed by atoms with Crippen molar-refractivity contribution in [1.29, 1.82) is 0 Å². The molecule has 1 aliphatic heterocycles. The molecule has 0 bridgehead atoms. The Balaban J connectivity index is 0.00000288. The van der Waals surface area contributed by atoms with E-state index in [0.29, 0.717) is 13.2 Å². The van der Waals surface area contributed by atoms with Gasteiger partial charge in [0.05, 0.1) is 13.7 Å². The van der Waals surface area contributed by atoms with Crippen molar-refractivity contribution in [3.05, 3.63) is 17.0 Å². The van der Waals surface area contributed by atoms with Crippen LogP contribution in [0, 0.1) is 5.41 Å². The molecule has 0 aliphatic carbocycles. The molecule has 1 saturated heterocycles. The summed E-state index contributed by atoms with van der Waals surface area (Å²) in [6.07, 6.45) is 1.70. The number of ether oxygens (including phenoxy) is 2. The summed E-state index contributed by atoms with van der Waals surface area (Å²) < 4.78 is 37.5. The zero-order valence-electron chi connectivity index (χ0n) is 13.7. The van der Waals surface area contributed by atoms with Gasteiger partial charge in [-0.25, -0.2) is 17.9 Å². The highest BCUT2D eigenvalue weighted by Gasteiger charge is 2.34. The van der Waals surface area contributed by atoms with Crippen LogP contribution in [0.5, 0.6) is 0 Å². The molecule has 7 nitrogen and oxygen atoms in total. The summed E-state index contributed by atoms with van der Waals surface area (Å²) in [6.45, 7) is 2.51. The van der Waals surface area contributed by atoms with Gasteiger partial charge in [0, 0.05) is 19.1 Å². The van der Waals surface area contributed by atoms with Gasteiger partial charge in [0.2, 0.25) is 10.0 Å². The molecule has 0 atom stereocenters. The van der Waals surface area contributed by atoms with Gasteiger partial charge in [-0.15, -0.1) is 23.7 Å². The Bertz CT molecular complexity index is 636. The molecule has 0 unspecified atom stereocenters. The first kappa shape index (κ1) is 21.3. The van der Waals surface area contributed by atoms with Crippen LogP contribution in [0.2, 0.25) is 0 Å². The normalized spacial score (nSPS) is 17.1. The number of methoxy groups -OCH3 is 2. The standard InChI is InChI=1S/C14H22N2O5S2.ClH/c1-20-10-14(5-7-15-8-6-14)9-16-23(18,19)12-4-3-11(22-12)13(17)21-2;/h3-4,15-16H,5-10H2,1-2H3;1H. The van der Waals surface area contributed by atoms with Gasteiger partial charge < -0.3 is 14.8 Å². The number of hydrogen-bond donors (Lipinski definition) is 2. The largest absolute Gasteiger partial charge is 0.465 e. The molecule has 2 heterocycles. The van der Waals surface area contributed by atoms with Gasteiger partial charge in [-0.2, -0.15) is 0 Å². The number of esters is 1. The lowest BCUT2D eigenvalue weighted by atomic mass is 9.80. The van der Waals surface area contributed by atoms with Crippen LogP contribution >= 0.6 is 23.7 Å². The highest BCUT2D eigenvalue weighted by molar-refractivity contribution is 7.91. The van der Waals surface area contributed by atoms with Crippen LogP contribution in [0.4, 0.5) is 0 Å². The molecule has 0 spiro atoms. The lowest BCUT2D eigenvalue weighted by molar-refractivity contribution is 0.0577. The summed E-state index contributed by atoms with van der Waals surface area (Å²) in [5.74, 6) is -0.536. The molecule has 0 radical (unpaired) electrons. The van der Waals surface area contributed by atoms with E-state index in [0.717, 1.165) is 37.3 Å². The number of carbonyl (C=O) groups excluding carboxylic acids is 1. The number of hydrogen-bond acceptors (Lipinski definition) is 7. The fourth-order valence-electron chi connectivity index (χ4n) is 2.63. The molecule has 138 valence electrons. The van der Waals surface area contributed by atoms with E-state index in [-0.39, 0.29) is 26.9 Å². The minimum Gasteiger partial charge on any atom is -0.465 e. The smallest absolute Gasteiger partial charge is 0.348 e. The minimum atomic E-state index is -3.65. The molecule has 2 rings (SSSR count). The summed E-state index contributed by atoms with van der Waals surface area (Å²) >= 11 is 0.903. The molecule has 0 amide bonds. The molecule has 10 heteroatoms. The Kier molecular flexibility index (Phi) is 8.10. The van der Waals surface area contributed by atoms with Gasteiger partial charge >= 0.3 is 5.97 Å². The zero-order chi connectivity index (χ0) is 16.9. The average Bonchev–Trinajstić information content (AvgIpc) is 3.05. The molecule has 1 aliphatic rings. The molecular weight excluding hydrogens is 376 g/mol. The summed E-state index contributed by atoms with van der Waals surface area (Å²) in [5, 5.41) is 3.27. The maximum Gasteiger partial charge on any atom is 0.348 e. The third-order valence-electron chi connectivity index (χ3n) is 3.98. The van der Waals surface area contributed by atoms with Gasteiger partial charge in [-0.3, -0.25) is 0 Å². The number of piperidine rings is 1. The predicted molar refractivity (Wildman–Crippen MR) is 94.5 cm³/mol. The first-order chi connectivity index (χ1) is 10.9. The predicted octanol–water partition coefficient (Wildman–Crippen LogP) is 1.25. The summed E-state index contributed by atoms with van der Waals surface area (Å²) in [4.78, 5) is 11.7. The van der Waals surface area contributed by atoms with Gasteiger partial charge in [0.1, 0.15) is 9.09 Å². The number of carbonyl (C=O) groups is 1. The minimum absolute atomic E-state index is 0. The van der Waals surface area contributed by atoms with E-state index in [1.807, 2.05) is 0 Å². The van der Waals surface area contributed by atoms with E-state index in [4.69, 9.17) is 4.74 Å². The van der Waals surface area contributed by atoms with Crippen LogP contribution in [0.25, 0.3) is 0 Å². The lowest BCUT2D eigenvalue weighted by Crippen LogP contribution is -2.47. The van der Waals surface area contributed by atoms with Crippen LogP contribution in [-0.2, 0) is 19.5 Å². The van der Waals surface area contributed by atoms with E-state index in [1.54, 1.807) is 7.11 Å². The number of nitrogens with one attached hydrogen (secondary N) is 2. The van der Waals surface area contributed by atoms with Crippen molar-refractivity contribution in [3.63, 3.8) is 0 Å². The fourth-order valence-corrected chi connectivity index (χ4v) is 5.06. The first-order valence-electron chi connectivity index (χ1n) is 7.30. The van der Waals surface area contributed by atoms with Crippen LogP contribution in [0.15, 0.2) is 16.3 Å². The van der Waals surface area contributed by atoms with E-state index in [9.17, 15) is 13.2 Å². The summed E-state index contributed by atoms with van der Waals surface area (Å²) in [6, 6.07) is 2.88. The Morgan fingerprint density at radius 2 is 2.00 bits per heavy atom. The maximum absolute atomic E-state index is 12.4. The third kappa shape index (κ3) is 5.14.